The van der Waals surface area contributed by atoms with Crippen LogP contribution in [0.3, 0.4) is 0 Å². The summed E-state index contributed by atoms with van der Waals surface area (Å²) in [6.07, 6.45) is 6.78. The molecule has 6 rings (SSSR count). The third-order valence-corrected chi connectivity index (χ3v) is 11.0. The second kappa shape index (κ2) is 9.66. The maximum Gasteiger partial charge on any atom is 0.335 e. The Kier molecular flexibility index (Phi) is 6.58. The molecule has 10 heteroatoms. The Bertz CT molecular complexity index is 1460. The molecule has 0 amide bonds. The van der Waals surface area contributed by atoms with Gasteiger partial charge in [-0.25, -0.2) is 13.2 Å². The van der Waals surface area contributed by atoms with Crippen molar-refractivity contribution in [1.29, 1.82) is 0 Å². The standard InChI is InChI=1S/C28H28Cl2N2O5S/c29-22-2-1-3-23(30)24(22)25-21(26(37-31-25)18-4-5-18)14-17-15-28(16-17)10-12-32(13-11-28)38(35,36)20-8-6-19(7-9-20)27(33)34/h1-3,6-9,17-18H,4-5,10-16H2,(H,33,34). The molecule has 2 saturated carbocycles. The largest absolute Gasteiger partial charge is 0.478 e. The Balaban J connectivity index is 1.13. The first-order valence-electron chi connectivity index (χ1n) is 12.9. The predicted molar refractivity (Wildman–Crippen MR) is 144 cm³/mol. The molecule has 0 atom stereocenters. The average molecular weight is 576 g/mol. The van der Waals surface area contributed by atoms with Crippen LogP contribution in [0, 0.1) is 11.3 Å². The molecule has 2 heterocycles. The van der Waals surface area contributed by atoms with E-state index >= 15 is 0 Å². The molecule has 0 bridgehead atoms. The maximum absolute atomic E-state index is 13.1. The van der Waals surface area contributed by atoms with Crippen molar-refractivity contribution in [2.45, 2.75) is 55.8 Å². The van der Waals surface area contributed by atoms with Gasteiger partial charge in [0.25, 0.3) is 0 Å². The molecule has 7 nitrogen and oxygen atoms in total. The van der Waals surface area contributed by atoms with Crippen LogP contribution in [0.4, 0.5) is 0 Å². The van der Waals surface area contributed by atoms with Gasteiger partial charge in [0, 0.05) is 30.1 Å². The summed E-state index contributed by atoms with van der Waals surface area (Å²) in [4.78, 5) is 11.2. The van der Waals surface area contributed by atoms with E-state index in [0.29, 0.717) is 35.0 Å². The average Bonchev–Trinajstić information content (AvgIpc) is 3.64. The van der Waals surface area contributed by atoms with E-state index in [9.17, 15) is 13.2 Å². The van der Waals surface area contributed by atoms with Crippen LogP contribution < -0.4 is 0 Å². The van der Waals surface area contributed by atoms with Gasteiger partial charge in [0.05, 0.1) is 20.5 Å². The molecule has 1 spiro atoms. The highest BCUT2D eigenvalue weighted by atomic mass is 35.5. The SMILES string of the molecule is O=C(O)c1ccc(S(=O)(=O)N2CCC3(CC2)CC(Cc2c(-c4c(Cl)cccc4Cl)noc2C2CC2)C3)cc1. The summed E-state index contributed by atoms with van der Waals surface area (Å²) in [5.41, 5.74) is 2.82. The smallest absolute Gasteiger partial charge is 0.335 e. The molecule has 2 aromatic carbocycles. The second-order valence-electron chi connectivity index (χ2n) is 11.0. The Morgan fingerprint density at radius 1 is 1.05 bits per heavy atom. The number of halogens is 2. The molecular weight excluding hydrogens is 547 g/mol. The van der Waals surface area contributed by atoms with Gasteiger partial charge in [0.15, 0.2) is 0 Å². The molecular formula is C28H28Cl2N2O5S. The third-order valence-electron chi connectivity index (χ3n) is 8.42. The van der Waals surface area contributed by atoms with Gasteiger partial charge >= 0.3 is 5.97 Å². The lowest BCUT2D eigenvalue weighted by Crippen LogP contribution is -2.49. The summed E-state index contributed by atoms with van der Waals surface area (Å²) in [7, 11) is -3.65. The lowest BCUT2D eigenvalue weighted by Gasteiger charge is -2.52. The number of carbonyl (C=O) groups is 1. The number of aromatic carboxylic acids is 1. The molecule has 3 aromatic rings. The van der Waals surface area contributed by atoms with Gasteiger partial charge in [0.2, 0.25) is 10.0 Å². The zero-order valence-electron chi connectivity index (χ0n) is 20.7. The van der Waals surface area contributed by atoms with E-state index in [0.717, 1.165) is 67.5 Å². The topological polar surface area (TPSA) is 101 Å². The zero-order valence-corrected chi connectivity index (χ0v) is 23.0. The molecule has 1 N–H and O–H groups in total. The van der Waals surface area contributed by atoms with Crippen LogP contribution in [0.2, 0.25) is 10.0 Å². The van der Waals surface area contributed by atoms with Crippen molar-refractivity contribution >= 4 is 39.2 Å². The van der Waals surface area contributed by atoms with Crippen molar-refractivity contribution in [2.24, 2.45) is 11.3 Å². The van der Waals surface area contributed by atoms with Crippen molar-refractivity contribution in [2.75, 3.05) is 13.1 Å². The van der Waals surface area contributed by atoms with Crippen molar-refractivity contribution < 1.29 is 22.8 Å². The highest BCUT2D eigenvalue weighted by Gasteiger charge is 2.48. The van der Waals surface area contributed by atoms with E-state index in [1.165, 1.54) is 28.6 Å². The molecule has 0 unspecified atom stereocenters. The number of nitrogens with zero attached hydrogens (tertiary/aromatic N) is 2. The molecule has 1 aromatic heterocycles. The molecule has 200 valence electrons. The summed E-state index contributed by atoms with van der Waals surface area (Å²) >= 11 is 13.0. The molecule has 1 saturated heterocycles. The fourth-order valence-corrected chi connectivity index (χ4v) is 8.25. The number of hydrogen-bond donors (Lipinski definition) is 1. The monoisotopic (exact) mass is 574 g/mol. The fraction of sp³-hybridized carbons (Fsp3) is 0.429. The fourth-order valence-electron chi connectivity index (χ4n) is 6.23. The number of aromatic nitrogens is 1. The second-order valence-corrected chi connectivity index (χ2v) is 13.7. The van der Waals surface area contributed by atoms with Gasteiger partial charge in [-0.1, -0.05) is 34.4 Å². The number of rotatable bonds is 7. The minimum atomic E-state index is -3.65. The van der Waals surface area contributed by atoms with Crippen LogP contribution in [-0.4, -0.2) is 42.0 Å². The van der Waals surface area contributed by atoms with Crippen molar-refractivity contribution in [3.05, 3.63) is 69.4 Å². The Labute approximate surface area is 231 Å². The first kappa shape index (κ1) is 25.9. The number of hydrogen-bond acceptors (Lipinski definition) is 5. The van der Waals surface area contributed by atoms with E-state index in [1.807, 2.05) is 18.2 Å². The van der Waals surface area contributed by atoms with E-state index in [4.69, 9.17) is 32.8 Å². The van der Waals surface area contributed by atoms with Gasteiger partial charge in [-0.2, -0.15) is 4.31 Å². The molecule has 38 heavy (non-hydrogen) atoms. The highest BCUT2D eigenvalue weighted by molar-refractivity contribution is 7.89. The van der Waals surface area contributed by atoms with Gasteiger partial charge in [-0.05, 0) is 92.7 Å². The van der Waals surface area contributed by atoms with E-state index in [1.54, 1.807) is 0 Å². The maximum atomic E-state index is 13.1. The van der Waals surface area contributed by atoms with Crippen molar-refractivity contribution in [3.63, 3.8) is 0 Å². The minimum absolute atomic E-state index is 0.0692. The predicted octanol–water partition coefficient (Wildman–Crippen LogP) is 6.65. The number of piperidine rings is 1. The summed E-state index contributed by atoms with van der Waals surface area (Å²) in [5.74, 6) is 0.774. The Hall–Kier alpha value is -2.39. The number of carboxylic acid groups (broad SMARTS) is 1. The molecule has 2 aliphatic carbocycles. The van der Waals surface area contributed by atoms with Gasteiger partial charge in [0.1, 0.15) is 11.5 Å². The van der Waals surface area contributed by atoms with E-state index in [2.05, 4.69) is 5.16 Å². The Morgan fingerprint density at radius 2 is 1.68 bits per heavy atom. The first-order valence-corrected chi connectivity index (χ1v) is 15.1. The molecule has 1 aliphatic heterocycles. The summed E-state index contributed by atoms with van der Waals surface area (Å²) in [5, 5.41) is 14.6. The minimum Gasteiger partial charge on any atom is -0.478 e. The number of benzene rings is 2. The quantitative estimate of drug-likeness (QED) is 0.339. The van der Waals surface area contributed by atoms with Crippen LogP contribution >= 0.6 is 23.2 Å². The van der Waals surface area contributed by atoms with Gasteiger partial charge < -0.3 is 9.63 Å². The van der Waals surface area contributed by atoms with Crippen LogP contribution in [0.5, 0.6) is 0 Å². The van der Waals surface area contributed by atoms with Crippen molar-refractivity contribution in [1.82, 2.24) is 9.46 Å². The van der Waals surface area contributed by atoms with E-state index < -0.39 is 16.0 Å². The van der Waals surface area contributed by atoms with Crippen molar-refractivity contribution in [3.8, 4) is 11.3 Å². The van der Waals surface area contributed by atoms with Gasteiger partial charge in [-0.15, -0.1) is 0 Å². The molecule has 3 aliphatic rings. The van der Waals surface area contributed by atoms with E-state index in [-0.39, 0.29) is 15.9 Å². The van der Waals surface area contributed by atoms with Crippen LogP contribution in [0.15, 0.2) is 51.9 Å². The third kappa shape index (κ3) is 4.66. The normalized spacial score (nSPS) is 19.9. The number of sulfonamides is 1. The zero-order chi connectivity index (χ0) is 26.7. The van der Waals surface area contributed by atoms with Gasteiger partial charge in [-0.3, -0.25) is 0 Å². The summed E-state index contributed by atoms with van der Waals surface area (Å²) in [6.45, 7) is 0.938. The van der Waals surface area contributed by atoms with Crippen LogP contribution in [0.25, 0.3) is 11.3 Å². The lowest BCUT2D eigenvalue weighted by molar-refractivity contribution is 0.00505. The van der Waals surface area contributed by atoms with Crippen LogP contribution in [0.1, 0.15) is 66.1 Å². The lowest BCUT2D eigenvalue weighted by atomic mass is 9.56. The molecule has 3 fully saturated rings. The Morgan fingerprint density at radius 3 is 2.26 bits per heavy atom. The first-order chi connectivity index (χ1) is 18.2. The molecule has 0 radical (unpaired) electrons. The van der Waals surface area contributed by atoms with Crippen LogP contribution in [-0.2, 0) is 16.4 Å². The number of carboxylic acids is 1. The highest BCUT2D eigenvalue weighted by Crippen LogP contribution is 2.55. The summed E-state index contributed by atoms with van der Waals surface area (Å²) < 4.78 is 33.6. The summed E-state index contributed by atoms with van der Waals surface area (Å²) in [6, 6.07) is 10.9.